The topological polar surface area (TPSA) is 106 Å². The largest absolute Gasteiger partial charge is 0.330 e. The summed E-state index contributed by atoms with van der Waals surface area (Å²) < 4.78 is 5.02. The van der Waals surface area contributed by atoms with Crippen LogP contribution < -0.4 is 11.0 Å². The van der Waals surface area contributed by atoms with Gasteiger partial charge in [-0.3, -0.25) is 9.13 Å². The summed E-state index contributed by atoms with van der Waals surface area (Å²) in [6, 6.07) is 5.68. The van der Waals surface area contributed by atoms with E-state index in [-0.39, 0.29) is 11.7 Å². The Morgan fingerprint density at radius 3 is 3.00 bits per heavy atom. The van der Waals surface area contributed by atoms with Crippen LogP contribution in [-0.2, 0) is 7.05 Å². The second kappa shape index (κ2) is 5.75. The van der Waals surface area contributed by atoms with Gasteiger partial charge in [-0.25, -0.2) is 19.3 Å². The molecule has 134 valence electrons. The van der Waals surface area contributed by atoms with Crippen molar-refractivity contribution in [2.75, 3.05) is 13.1 Å². The van der Waals surface area contributed by atoms with Crippen molar-refractivity contribution in [1.82, 2.24) is 34.0 Å². The van der Waals surface area contributed by atoms with Gasteiger partial charge >= 0.3 is 5.69 Å². The molecular weight excluding hydrogens is 344 g/mol. The quantitative estimate of drug-likeness (QED) is 0.568. The number of aryl methyl sites for hydroxylation is 1. The van der Waals surface area contributed by atoms with Crippen LogP contribution in [0.4, 0.5) is 0 Å². The van der Waals surface area contributed by atoms with E-state index >= 15 is 0 Å². The summed E-state index contributed by atoms with van der Waals surface area (Å²) in [7, 11) is 1.74. The van der Waals surface area contributed by atoms with E-state index in [1.54, 1.807) is 51.4 Å². The first-order valence-corrected chi connectivity index (χ1v) is 8.70. The van der Waals surface area contributed by atoms with E-state index in [4.69, 9.17) is 4.98 Å². The fourth-order valence-electron chi connectivity index (χ4n) is 3.68. The van der Waals surface area contributed by atoms with E-state index in [1.807, 2.05) is 0 Å². The average Bonchev–Trinajstić information content (AvgIpc) is 3.41. The molecule has 4 aromatic rings. The molecule has 1 fully saturated rings. The molecule has 1 saturated heterocycles. The van der Waals surface area contributed by atoms with E-state index in [0.717, 1.165) is 30.6 Å². The first kappa shape index (κ1) is 15.7. The molecular formula is C18H16N8O. The number of hydrogen-bond donors (Lipinski definition) is 1. The van der Waals surface area contributed by atoms with Crippen LogP contribution in [0, 0.1) is 11.3 Å². The number of nitrogens with one attached hydrogen (secondary N) is 1. The van der Waals surface area contributed by atoms with Gasteiger partial charge in [-0.05, 0) is 25.1 Å². The Hall–Kier alpha value is -3.51. The lowest BCUT2D eigenvalue weighted by Gasteiger charge is -2.10. The Morgan fingerprint density at radius 1 is 1.33 bits per heavy atom. The minimum atomic E-state index is -0.0863. The fraction of sp³-hybridized carbons (Fsp3) is 0.278. The highest BCUT2D eigenvalue weighted by molar-refractivity contribution is 5.80. The van der Waals surface area contributed by atoms with Gasteiger partial charge in [0.1, 0.15) is 5.52 Å². The van der Waals surface area contributed by atoms with Crippen LogP contribution in [0.3, 0.4) is 0 Å². The number of nitrogens with zero attached hydrogens (tertiary/aromatic N) is 7. The Morgan fingerprint density at radius 2 is 2.22 bits per heavy atom. The lowest BCUT2D eigenvalue weighted by molar-refractivity contribution is 0.532. The number of imidazole rings is 1. The smallest absolute Gasteiger partial charge is 0.315 e. The average molecular weight is 360 g/mol. The van der Waals surface area contributed by atoms with Crippen LogP contribution >= 0.6 is 0 Å². The van der Waals surface area contributed by atoms with E-state index < -0.39 is 0 Å². The maximum atomic E-state index is 12.7. The van der Waals surface area contributed by atoms with Crippen LogP contribution in [-0.4, -0.2) is 41.8 Å². The minimum Gasteiger partial charge on any atom is -0.315 e. The van der Waals surface area contributed by atoms with Crippen LogP contribution in [0.5, 0.6) is 0 Å². The van der Waals surface area contributed by atoms with Crippen molar-refractivity contribution in [3.8, 4) is 17.5 Å². The first-order valence-electron chi connectivity index (χ1n) is 8.70. The zero-order valence-corrected chi connectivity index (χ0v) is 14.6. The van der Waals surface area contributed by atoms with E-state index in [0.29, 0.717) is 22.6 Å². The number of hydrogen-bond acceptors (Lipinski definition) is 6. The van der Waals surface area contributed by atoms with Crippen molar-refractivity contribution < 1.29 is 0 Å². The number of pyridine rings is 1. The zero-order chi connectivity index (χ0) is 18.5. The summed E-state index contributed by atoms with van der Waals surface area (Å²) in [5.41, 5.74) is 3.25. The fourth-order valence-corrected chi connectivity index (χ4v) is 3.68. The molecule has 1 N–H and O–H groups in total. The van der Waals surface area contributed by atoms with Gasteiger partial charge in [0.2, 0.25) is 0 Å². The molecule has 5 heterocycles. The molecule has 0 amide bonds. The van der Waals surface area contributed by atoms with Gasteiger partial charge in [0.15, 0.2) is 11.5 Å². The van der Waals surface area contributed by atoms with E-state index in [9.17, 15) is 10.1 Å². The molecule has 0 saturated carbocycles. The van der Waals surface area contributed by atoms with E-state index in [1.165, 1.54) is 0 Å². The molecule has 9 heteroatoms. The van der Waals surface area contributed by atoms with Crippen LogP contribution in [0.2, 0.25) is 0 Å². The SMILES string of the molecule is Cn1c(=O)n([C@@H]2CCNC2)c2nc(-c3cnn4ccc(C#N)cc34)ncc21. The molecule has 0 bridgehead atoms. The van der Waals surface area contributed by atoms with Gasteiger partial charge in [-0.15, -0.1) is 0 Å². The second-order valence-electron chi connectivity index (χ2n) is 6.68. The molecule has 27 heavy (non-hydrogen) atoms. The Balaban J connectivity index is 1.75. The van der Waals surface area contributed by atoms with Crippen LogP contribution in [0.15, 0.2) is 35.5 Å². The highest BCUT2D eigenvalue weighted by Crippen LogP contribution is 2.25. The molecule has 1 aliphatic rings. The number of nitriles is 1. The second-order valence-corrected chi connectivity index (χ2v) is 6.68. The Kier molecular flexibility index (Phi) is 3.35. The highest BCUT2D eigenvalue weighted by Gasteiger charge is 2.24. The van der Waals surface area contributed by atoms with Gasteiger partial charge in [0.25, 0.3) is 0 Å². The molecule has 5 rings (SSSR count). The Bertz CT molecular complexity index is 1280. The van der Waals surface area contributed by atoms with Crippen molar-refractivity contribution in [3.63, 3.8) is 0 Å². The maximum Gasteiger partial charge on any atom is 0.330 e. The molecule has 0 unspecified atom stereocenters. The summed E-state index contributed by atoms with van der Waals surface area (Å²) in [4.78, 5) is 21.9. The summed E-state index contributed by atoms with van der Waals surface area (Å²) >= 11 is 0. The zero-order valence-electron chi connectivity index (χ0n) is 14.6. The minimum absolute atomic E-state index is 0.0815. The van der Waals surface area contributed by atoms with Crippen molar-refractivity contribution in [2.24, 2.45) is 7.05 Å². The predicted molar refractivity (Wildman–Crippen MR) is 98.2 cm³/mol. The van der Waals surface area contributed by atoms with Crippen LogP contribution in [0.1, 0.15) is 18.0 Å². The number of rotatable bonds is 2. The summed E-state index contributed by atoms with van der Waals surface area (Å²) in [5.74, 6) is 0.484. The number of aromatic nitrogens is 6. The number of fused-ring (bicyclic) bond motifs is 2. The van der Waals surface area contributed by atoms with Crippen molar-refractivity contribution in [1.29, 1.82) is 5.26 Å². The summed E-state index contributed by atoms with van der Waals surface area (Å²) in [5, 5.41) is 16.8. The Labute approximate surface area is 153 Å². The third-order valence-corrected chi connectivity index (χ3v) is 5.12. The lowest BCUT2D eigenvalue weighted by Crippen LogP contribution is -2.27. The molecule has 1 aliphatic heterocycles. The standard InChI is InChI=1S/C18H16N8O/c1-24-15-10-21-16(13-9-22-25-5-3-11(7-19)6-14(13)25)23-17(15)26(18(24)27)12-2-4-20-8-12/h3,5-6,9-10,12,20H,2,4,8H2,1H3/t12-/m1/s1. The molecule has 0 radical (unpaired) electrons. The van der Waals surface area contributed by atoms with Gasteiger partial charge in [-0.1, -0.05) is 0 Å². The lowest BCUT2D eigenvalue weighted by atomic mass is 10.2. The third-order valence-electron chi connectivity index (χ3n) is 5.12. The van der Waals surface area contributed by atoms with Crippen molar-refractivity contribution in [3.05, 3.63) is 46.8 Å². The van der Waals surface area contributed by atoms with Crippen molar-refractivity contribution >= 4 is 16.7 Å². The van der Waals surface area contributed by atoms with Crippen LogP contribution in [0.25, 0.3) is 28.1 Å². The maximum absolute atomic E-state index is 12.7. The van der Waals surface area contributed by atoms with Gasteiger partial charge in [-0.2, -0.15) is 10.4 Å². The monoisotopic (exact) mass is 360 g/mol. The third kappa shape index (κ3) is 2.27. The highest BCUT2D eigenvalue weighted by atomic mass is 16.1. The molecule has 1 atom stereocenters. The van der Waals surface area contributed by atoms with Gasteiger partial charge in [0.05, 0.1) is 41.1 Å². The first-order chi connectivity index (χ1) is 13.2. The molecule has 4 aromatic heterocycles. The molecule has 0 aliphatic carbocycles. The van der Waals surface area contributed by atoms with Crippen molar-refractivity contribution in [2.45, 2.75) is 12.5 Å². The summed E-state index contributed by atoms with van der Waals surface area (Å²) in [6.07, 6.45) is 5.98. The molecule has 0 spiro atoms. The molecule has 9 nitrogen and oxygen atoms in total. The predicted octanol–water partition coefficient (Wildman–Crippen LogP) is 0.851. The van der Waals surface area contributed by atoms with Gasteiger partial charge < -0.3 is 5.32 Å². The van der Waals surface area contributed by atoms with Gasteiger partial charge in [0, 0.05) is 19.8 Å². The normalized spacial score (nSPS) is 17.0. The van der Waals surface area contributed by atoms with E-state index in [2.05, 4.69) is 21.5 Å². The molecule has 0 aromatic carbocycles. The summed E-state index contributed by atoms with van der Waals surface area (Å²) in [6.45, 7) is 1.64.